The molecule has 0 aliphatic rings. The van der Waals surface area contributed by atoms with Crippen molar-refractivity contribution in [3.63, 3.8) is 0 Å². The van der Waals surface area contributed by atoms with Crippen LogP contribution in [0, 0.1) is 0 Å². The average Bonchev–Trinajstić information content (AvgIpc) is 4.20. The molecule has 16 aromatic rings. The first-order chi connectivity index (χ1) is 39.7. The molecular formula is C76H48N2O2. The fraction of sp³-hybridized carbons (Fsp3) is 0. The van der Waals surface area contributed by atoms with E-state index < -0.39 is 0 Å². The number of nitrogens with zero attached hydrogens (tertiary/aromatic N) is 2. The van der Waals surface area contributed by atoms with Gasteiger partial charge in [-0.25, -0.2) is 0 Å². The zero-order valence-corrected chi connectivity index (χ0v) is 43.4. The van der Waals surface area contributed by atoms with Crippen LogP contribution in [0.2, 0.25) is 0 Å². The molecule has 0 fully saturated rings. The molecule has 2 aromatic heterocycles. The topological polar surface area (TPSA) is 32.8 Å². The number of benzene rings is 14. The number of hydrogen-bond acceptors (Lipinski definition) is 4. The second kappa shape index (κ2) is 18.5. The summed E-state index contributed by atoms with van der Waals surface area (Å²) in [5.41, 5.74) is 16.4. The third kappa shape index (κ3) is 7.45. The van der Waals surface area contributed by atoms with E-state index in [0.717, 1.165) is 111 Å². The van der Waals surface area contributed by atoms with Gasteiger partial charge in [0.15, 0.2) is 11.2 Å². The van der Waals surface area contributed by atoms with Crippen LogP contribution in [0.3, 0.4) is 0 Å². The molecule has 0 spiro atoms. The molecule has 4 heteroatoms. The van der Waals surface area contributed by atoms with E-state index in [1.807, 2.05) is 0 Å². The van der Waals surface area contributed by atoms with Crippen LogP contribution in [0.4, 0.5) is 34.1 Å². The standard InChI is InChI=1S/C76H48N2O2/c1-3-15-49(16-4-1)51-27-37-59(38-28-51)77(67-47-57-21-9-13-25-65(57)73-71-63-23-11-7-19-55(63)35-45-69(71)79-75(67)73)61-41-31-53(32-42-61)54-33-43-62(44-34-54)78(60-39-29-52(30-40-60)50-17-5-2-6-18-50)68-48-58-22-10-14-26-66(58)74-72-64-24-12-8-20-56(64)36-46-70(72)80-76(68)74/h1-48H. The molecule has 374 valence electrons. The highest BCUT2D eigenvalue weighted by atomic mass is 16.3. The summed E-state index contributed by atoms with van der Waals surface area (Å²) in [4.78, 5) is 4.71. The minimum Gasteiger partial charge on any atom is -0.454 e. The van der Waals surface area contributed by atoms with Gasteiger partial charge in [-0.2, -0.15) is 0 Å². The molecule has 0 unspecified atom stereocenters. The van der Waals surface area contributed by atoms with Crippen LogP contribution in [0.5, 0.6) is 0 Å². The van der Waals surface area contributed by atoms with E-state index >= 15 is 0 Å². The molecule has 80 heavy (non-hydrogen) atoms. The molecule has 0 aliphatic carbocycles. The van der Waals surface area contributed by atoms with Gasteiger partial charge in [-0.05, 0) is 149 Å². The molecule has 0 radical (unpaired) electrons. The molecule has 4 nitrogen and oxygen atoms in total. The Balaban J connectivity index is 0.834. The maximum Gasteiger partial charge on any atom is 0.160 e. The highest BCUT2D eigenvalue weighted by Gasteiger charge is 2.25. The van der Waals surface area contributed by atoms with Crippen molar-refractivity contribution in [2.45, 2.75) is 0 Å². The van der Waals surface area contributed by atoms with Gasteiger partial charge in [-0.3, -0.25) is 0 Å². The summed E-state index contributed by atoms with van der Waals surface area (Å²) in [7, 11) is 0. The van der Waals surface area contributed by atoms with Crippen LogP contribution in [0.15, 0.2) is 300 Å². The number of furan rings is 2. The summed E-state index contributed by atoms with van der Waals surface area (Å²) < 4.78 is 14.1. The Labute approximate surface area is 461 Å². The highest BCUT2D eigenvalue weighted by Crippen LogP contribution is 2.50. The van der Waals surface area contributed by atoms with E-state index in [9.17, 15) is 0 Å². The lowest BCUT2D eigenvalue weighted by Crippen LogP contribution is -2.10. The normalized spacial score (nSPS) is 11.8. The summed E-state index contributed by atoms with van der Waals surface area (Å²) in [6, 6.07) is 105. The Morgan fingerprint density at radius 3 is 0.825 bits per heavy atom. The lowest BCUT2D eigenvalue weighted by molar-refractivity contribution is 0.669. The van der Waals surface area contributed by atoms with Crippen molar-refractivity contribution < 1.29 is 8.83 Å². The first-order valence-corrected chi connectivity index (χ1v) is 27.3. The van der Waals surface area contributed by atoms with Crippen molar-refractivity contribution in [2.75, 3.05) is 9.80 Å². The van der Waals surface area contributed by atoms with Gasteiger partial charge in [0.05, 0.1) is 11.4 Å². The van der Waals surface area contributed by atoms with E-state index in [-0.39, 0.29) is 0 Å². The molecule has 14 aromatic carbocycles. The second-order valence-electron chi connectivity index (χ2n) is 20.8. The van der Waals surface area contributed by atoms with E-state index in [2.05, 4.69) is 301 Å². The summed E-state index contributed by atoms with van der Waals surface area (Å²) in [6.45, 7) is 0. The van der Waals surface area contributed by atoms with Crippen LogP contribution >= 0.6 is 0 Å². The molecule has 0 atom stereocenters. The molecule has 0 saturated heterocycles. The summed E-state index contributed by atoms with van der Waals surface area (Å²) >= 11 is 0. The van der Waals surface area contributed by atoms with E-state index in [4.69, 9.17) is 8.83 Å². The van der Waals surface area contributed by atoms with Gasteiger partial charge in [-0.15, -0.1) is 0 Å². The maximum absolute atomic E-state index is 7.06. The molecule has 16 rings (SSSR count). The predicted molar refractivity (Wildman–Crippen MR) is 337 cm³/mol. The smallest absolute Gasteiger partial charge is 0.160 e. The average molecular weight is 1020 g/mol. The summed E-state index contributed by atoms with van der Waals surface area (Å²) in [6.07, 6.45) is 0. The minimum absolute atomic E-state index is 0.848. The van der Waals surface area contributed by atoms with Crippen molar-refractivity contribution >= 4 is 121 Å². The Morgan fingerprint density at radius 1 is 0.212 bits per heavy atom. The third-order valence-corrected chi connectivity index (χ3v) is 16.2. The van der Waals surface area contributed by atoms with Crippen molar-refractivity contribution in [1.82, 2.24) is 0 Å². The van der Waals surface area contributed by atoms with Crippen LogP contribution in [-0.4, -0.2) is 0 Å². The van der Waals surface area contributed by atoms with Crippen molar-refractivity contribution in [3.05, 3.63) is 291 Å². The first-order valence-electron chi connectivity index (χ1n) is 27.3. The maximum atomic E-state index is 7.06. The Kier molecular flexibility index (Phi) is 10.5. The molecule has 0 aliphatic heterocycles. The van der Waals surface area contributed by atoms with Crippen molar-refractivity contribution in [3.8, 4) is 33.4 Å². The molecule has 0 amide bonds. The largest absolute Gasteiger partial charge is 0.454 e. The van der Waals surface area contributed by atoms with Crippen LogP contribution in [0.25, 0.3) is 120 Å². The van der Waals surface area contributed by atoms with E-state index in [1.165, 1.54) is 43.4 Å². The zero-order valence-electron chi connectivity index (χ0n) is 43.4. The van der Waals surface area contributed by atoms with Crippen LogP contribution in [-0.2, 0) is 0 Å². The van der Waals surface area contributed by atoms with Gasteiger partial charge in [0.25, 0.3) is 0 Å². The van der Waals surface area contributed by atoms with Gasteiger partial charge in [0.2, 0.25) is 0 Å². The monoisotopic (exact) mass is 1020 g/mol. The zero-order chi connectivity index (χ0) is 52.7. The Bertz CT molecular complexity index is 4700. The number of anilines is 6. The minimum atomic E-state index is 0.848. The van der Waals surface area contributed by atoms with Gasteiger partial charge >= 0.3 is 0 Å². The van der Waals surface area contributed by atoms with Crippen molar-refractivity contribution in [1.29, 1.82) is 0 Å². The Morgan fingerprint density at radius 2 is 0.487 bits per heavy atom. The summed E-state index contributed by atoms with van der Waals surface area (Å²) in [5.74, 6) is 0. The molecular weight excluding hydrogens is 973 g/mol. The van der Waals surface area contributed by atoms with Crippen LogP contribution in [0.1, 0.15) is 0 Å². The molecule has 0 N–H and O–H groups in total. The number of hydrogen-bond donors (Lipinski definition) is 0. The third-order valence-electron chi connectivity index (χ3n) is 16.2. The van der Waals surface area contributed by atoms with E-state index in [0.29, 0.717) is 0 Å². The van der Waals surface area contributed by atoms with Gasteiger partial charge in [0.1, 0.15) is 11.2 Å². The van der Waals surface area contributed by atoms with Gasteiger partial charge in [0, 0.05) is 44.3 Å². The van der Waals surface area contributed by atoms with Gasteiger partial charge in [-0.1, -0.05) is 218 Å². The predicted octanol–water partition coefficient (Wildman–Crippen LogP) is 22.0. The number of fused-ring (bicyclic) bond motifs is 14. The second-order valence-corrected chi connectivity index (χ2v) is 20.8. The molecule has 0 bridgehead atoms. The van der Waals surface area contributed by atoms with E-state index in [1.54, 1.807) is 0 Å². The highest BCUT2D eigenvalue weighted by molar-refractivity contribution is 6.30. The SMILES string of the molecule is c1ccc(-c2ccc(N(c3ccc(-c4ccc(N(c5ccc(-c6ccccc6)cc5)c5cc6ccccc6c6c5oc5ccc7ccccc7c56)cc4)cc3)c3cc4ccccc4c4c3oc3ccc5ccccc5c34)cc2)cc1. The number of rotatable bonds is 9. The Hall–Kier alpha value is -10.7. The summed E-state index contributed by atoms with van der Waals surface area (Å²) in [5, 5.41) is 13.9. The van der Waals surface area contributed by atoms with Crippen LogP contribution < -0.4 is 9.80 Å². The quantitative estimate of drug-likeness (QED) is 0.144. The fourth-order valence-corrected chi connectivity index (χ4v) is 12.4. The fourth-order valence-electron chi connectivity index (χ4n) is 12.4. The van der Waals surface area contributed by atoms with Crippen molar-refractivity contribution in [2.24, 2.45) is 0 Å². The lowest BCUT2D eigenvalue weighted by atomic mass is 9.98. The van der Waals surface area contributed by atoms with Gasteiger partial charge < -0.3 is 18.6 Å². The first kappa shape index (κ1) is 45.5. The lowest BCUT2D eigenvalue weighted by Gasteiger charge is -2.27. The molecule has 0 saturated carbocycles. The molecule has 2 heterocycles.